The number of esters is 2. The number of hydrogen-bond acceptors (Lipinski definition) is 14. The fourth-order valence-electron chi connectivity index (χ4n) is 5.07. The highest BCUT2D eigenvalue weighted by Gasteiger charge is 2.54. The molecule has 0 spiro atoms. The van der Waals surface area contributed by atoms with Crippen LogP contribution in [-0.4, -0.2) is 97.4 Å². The van der Waals surface area contributed by atoms with E-state index >= 15 is 0 Å². The Morgan fingerprint density at radius 2 is 1.67 bits per heavy atom. The number of nitrogen functional groups attached to an aromatic ring is 1. The van der Waals surface area contributed by atoms with Crippen LogP contribution >= 0.6 is 7.67 Å². The number of imidazole rings is 1. The van der Waals surface area contributed by atoms with Crippen molar-refractivity contribution < 1.29 is 43.1 Å². The number of nitrogens with zero attached hydrogens (tertiary/aromatic N) is 4. The van der Waals surface area contributed by atoms with Crippen LogP contribution in [0.15, 0.2) is 6.33 Å². The summed E-state index contributed by atoms with van der Waals surface area (Å²) in [5.74, 6) is -1.67. The first-order chi connectivity index (χ1) is 21.6. The SMILES string of the molecule is CCOC(=O)C(NP(=O)(NC(C(=O)OCC)C(C)C)OC[C@H]1O[C@@H](n2cnc3c(NC4CC4)nc(N)nc32)[C@](C)(O)[C@@H]1O)C(C)C. The van der Waals surface area contributed by atoms with Crippen molar-refractivity contribution in [2.24, 2.45) is 11.8 Å². The lowest BCUT2D eigenvalue weighted by atomic mass is 9.96. The predicted octanol–water partition coefficient (Wildman–Crippen LogP) is 1.47. The number of hydrogen-bond donors (Lipinski definition) is 6. The Labute approximate surface area is 267 Å². The molecule has 2 unspecified atom stereocenters. The molecular formula is C28H47N8O9P. The smallest absolute Gasteiger partial charge is 0.342 e. The van der Waals surface area contributed by atoms with Gasteiger partial charge in [-0.2, -0.15) is 9.97 Å². The van der Waals surface area contributed by atoms with Crippen LogP contribution in [0.5, 0.6) is 0 Å². The van der Waals surface area contributed by atoms with E-state index < -0.39 is 62.3 Å². The van der Waals surface area contributed by atoms with E-state index in [0.717, 1.165) is 12.8 Å². The van der Waals surface area contributed by atoms with Gasteiger partial charge in [0.2, 0.25) is 5.95 Å². The Morgan fingerprint density at radius 1 is 1.11 bits per heavy atom. The first-order valence-electron chi connectivity index (χ1n) is 15.6. The van der Waals surface area contributed by atoms with E-state index in [1.807, 2.05) is 0 Å². The first kappa shape index (κ1) is 35.9. The third-order valence-electron chi connectivity index (χ3n) is 7.82. The zero-order chi connectivity index (χ0) is 34.0. The quantitative estimate of drug-likeness (QED) is 0.110. The molecule has 2 aromatic heterocycles. The van der Waals surface area contributed by atoms with Crippen molar-refractivity contribution in [3.8, 4) is 0 Å². The Balaban J connectivity index is 1.61. The molecule has 46 heavy (non-hydrogen) atoms. The molecule has 7 N–H and O–H groups in total. The Morgan fingerprint density at radius 3 is 2.17 bits per heavy atom. The summed E-state index contributed by atoms with van der Waals surface area (Å²) in [5, 5.41) is 31.4. The minimum absolute atomic E-state index is 0.0174. The number of carbonyl (C=O) groups excluding carboxylic acids is 2. The van der Waals surface area contributed by atoms with Crippen LogP contribution in [0.4, 0.5) is 11.8 Å². The lowest BCUT2D eigenvalue weighted by molar-refractivity contribution is -0.146. The monoisotopic (exact) mass is 670 g/mol. The number of rotatable bonds is 16. The molecule has 4 rings (SSSR count). The lowest BCUT2D eigenvalue weighted by Gasteiger charge is -2.31. The summed E-state index contributed by atoms with van der Waals surface area (Å²) < 4.78 is 38.2. The van der Waals surface area contributed by atoms with E-state index in [0.29, 0.717) is 11.3 Å². The van der Waals surface area contributed by atoms with E-state index in [1.165, 1.54) is 17.8 Å². The molecule has 18 heteroatoms. The first-order valence-corrected chi connectivity index (χ1v) is 17.2. The van der Waals surface area contributed by atoms with Crippen LogP contribution in [0.1, 0.15) is 67.5 Å². The molecule has 1 aliphatic heterocycles. The van der Waals surface area contributed by atoms with Gasteiger partial charge in [-0.25, -0.2) is 15.2 Å². The number of aromatic nitrogens is 4. The molecular weight excluding hydrogens is 623 g/mol. The van der Waals surface area contributed by atoms with Gasteiger partial charge in [-0.15, -0.1) is 0 Å². The van der Waals surface area contributed by atoms with Gasteiger partial charge in [-0.3, -0.25) is 18.7 Å². The number of fused-ring (bicyclic) bond motifs is 1. The van der Waals surface area contributed by atoms with Gasteiger partial charge in [0.15, 0.2) is 23.2 Å². The van der Waals surface area contributed by atoms with Crippen LogP contribution in [-0.2, 0) is 32.9 Å². The van der Waals surface area contributed by atoms with E-state index in [9.17, 15) is 24.4 Å². The van der Waals surface area contributed by atoms with Crippen LogP contribution in [0.2, 0.25) is 0 Å². The molecule has 0 amide bonds. The van der Waals surface area contributed by atoms with Gasteiger partial charge in [-0.05, 0) is 45.4 Å². The number of aliphatic hydroxyl groups excluding tert-OH is 1. The average Bonchev–Trinajstić information content (AvgIpc) is 3.65. The molecule has 1 aliphatic carbocycles. The summed E-state index contributed by atoms with van der Waals surface area (Å²) in [7, 11) is -4.29. The molecule has 0 radical (unpaired) electrons. The van der Waals surface area contributed by atoms with Gasteiger partial charge < -0.3 is 40.0 Å². The Bertz CT molecular complexity index is 1400. The highest BCUT2D eigenvalue weighted by Crippen LogP contribution is 2.45. The molecule has 3 heterocycles. The number of nitrogens with one attached hydrogen (secondary N) is 3. The number of ether oxygens (including phenoxy) is 3. The van der Waals surface area contributed by atoms with Crippen LogP contribution < -0.4 is 21.2 Å². The molecule has 2 aromatic rings. The summed E-state index contributed by atoms with van der Waals surface area (Å²) in [4.78, 5) is 38.6. The molecule has 258 valence electrons. The lowest BCUT2D eigenvalue weighted by Crippen LogP contribution is -2.49. The summed E-state index contributed by atoms with van der Waals surface area (Å²) >= 11 is 0. The normalized spacial score (nSPS) is 25.8. The van der Waals surface area contributed by atoms with E-state index in [2.05, 4.69) is 30.4 Å². The highest BCUT2D eigenvalue weighted by atomic mass is 31.2. The largest absolute Gasteiger partial charge is 0.465 e. The maximum absolute atomic E-state index is 14.4. The van der Waals surface area contributed by atoms with Crippen LogP contribution in [0.25, 0.3) is 11.2 Å². The minimum Gasteiger partial charge on any atom is -0.465 e. The topological polar surface area (TPSA) is 234 Å². The van der Waals surface area contributed by atoms with Crippen molar-refractivity contribution in [3.05, 3.63) is 6.33 Å². The summed E-state index contributed by atoms with van der Waals surface area (Å²) in [5.41, 5.74) is 4.76. The van der Waals surface area contributed by atoms with Gasteiger partial charge in [-0.1, -0.05) is 27.7 Å². The number of nitrogens with two attached hydrogens (primary N) is 1. The molecule has 6 atom stereocenters. The van der Waals surface area contributed by atoms with Crippen LogP contribution in [0, 0.1) is 11.8 Å². The zero-order valence-electron chi connectivity index (χ0n) is 27.3. The van der Waals surface area contributed by atoms with Gasteiger partial charge >= 0.3 is 19.6 Å². The van der Waals surface area contributed by atoms with E-state index in [1.54, 1.807) is 41.5 Å². The van der Waals surface area contributed by atoms with E-state index in [4.69, 9.17) is 24.5 Å². The fraction of sp³-hybridized carbons (Fsp3) is 0.750. The molecule has 1 saturated carbocycles. The van der Waals surface area contributed by atoms with Gasteiger partial charge in [0, 0.05) is 6.04 Å². The Hall–Kier alpha value is -2.92. The van der Waals surface area contributed by atoms with Crippen molar-refractivity contribution in [2.45, 2.75) is 103 Å². The third kappa shape index (κ3) is 7.95. The summed E-state index contributed by atoms with van der Waals surface area (Å²) in [6.45, 7) is 11.3. The fourth-order valence-corrected chi connectivity index (χ4v) is 7.19. The highest BCUT2D eigenvalue weighted by molar-refractivity contribution is 7.54. The van der Waals surface area contributed by atoms with Crippen molar-refractivity contribution >= 4 is 42.5 Å². The zero-order valence-corrected chi connectivity index (χ0v) is 28.2. The van der Waals surface area contributed by atoms with Gasteiger partial charge in [0.05, 0.1) is 26.1 Å². The second-order valence-corrected chi connectivity index (χ2v) is 14.3. The molecule has 17 nitrogen and oxygen atoms in total. The second-order valence-electron chi connectivity index (χ2n) is 12.4. The van der Waals surface area contributed by atoms with Crippen LogP contribution in [0.3, 0.4) is 0 Å². The number of anilines is 2. The average molecular weight is 671 g/mol. The Kier molecular flexibility index (Phi) is 11.3. The van der Waals surface area contributed by atoms with Gasteiger partial charge in [0.25, 0.3) is 0 Å². The standard InChI is InChI=1S/C28H47N8O9P/c1-8-42-24(38)18(14(3)4)34-46(41,35-19(15(5)6)25(39)43-9-2)44-12-17-21(37)28(7,40)26(45-17)36-13-30-20-22(31-16-10-11-16)32-27(29)33-23(20)36/h13-19,21,26,37,40H,8-12H2,1-7H3,(H2,34,35,41)(H3,29,31,32,33)/t17-,18?,19?,21-,26-,28-,46?/m1/s1. The van der Waals surface area contributed by atoms with Crippen molar-refractivity contribution in [1.29, 1.82) is 0 Å². The van der Waals surface area contributed by atoms with Gasteiger partial charge in [0.1, 0.15) is 29.9 Å². The molecule has 0 bridgehead atoms. The summed E-state index contributed by atoms with van der Waals surface area (Å²) in [6.07, 6.45) is -0.594. The molecule has 1 saturated heterocycles. The second kappa shape index (κ2) is 14.5. The maximum atomic E-state index is 14.4. The van der Waals surface area contributed by atoms with E-state index in [-0.39, 0.29) is 42.7 Å². The van der Waals surface area contributed by atoms with Crippen molar-refractivity contribution in [3.63, 3.8) is 0 Å². The number of aliphatic hydroxyl groups is 2. The molecule has 2 aliphatic rings. The molecule has 0 aromatic carbocycles. The van der Waals surface area contributed by atoms with Crippen molar-refractivity contribution in [2.75, 3.05) is 30.9 Å². The number of carbonyl (C=O) groups is 2. The minimum atomic E-state index is -4.29. The third-order valence-corrected chi connectivity index (χ3v) is 9.57. The maximum Gasteiger partial charge on any atom is 0.342 e. The summed E-state index contributed by atoms with van der Waals surface area (Å²) in [6, 6.07) is -1.91. The van der Waals surface area contributed by atoms with Crippen molar-refractivity contribution in [1.82, 2.24) is 29.7 Å². The predicted molar refractivity (Wildman–Crippen MR) is 167 cm³/mol. The molecule has 2 fully saturated rings.